The summed E-state index contributed by atoms with van der Waals surface area (Å²) in [6.07, 6.45) is 3.13. The number of carbonyl (C=O) groups is 1. The number of nitrogens with one attached hydrogen (secondary N) is 2. The zero-order valence-corrected chi connectivity index (χ0v) is 22.0. The van der Waals surface area contributed by atoms with Gasteiger partial charge in [0, 0.05) is 26.7 Å². The van der Waals surface area contributed by atoms with Crippen LogP contribution in [0.1, 0.15) is 28.8 Å². The molecule has 39 heavy (non-hydrogen) atoms. The average Bonchev–Trinajstić information content (AvgIpc) is 3.57. The zero-order valence-electron chi connectivity index (χ0n) is 22.0. The molecule has 0 atom stereocenters. The molecule has 2 aromatic carbocycles. The van der Waals surface area contributed by atoms with Crippen molar-refractivity contribution < 1.29 is 9.90 Å². The number of phenols is 1. The van der Waals surface area contributed by atoms with Crippen LogP contribution in [0.4, 0.5) is 5.82 Å². The second-order valence-corrected chi connectivity index (χ2v) is 10.1. The van der Waals surface area contributed by atoms with Crippen LogP contribution in [0.25, 0.3) is 27.7 Å². The standard InChI is InChI=1S/C30H32N6O3/c1-34-23-6-2-3-7-24(23)36-28-22(12-13-25(33-28)31-15-14-20-8-10-21(37)11-9-20)27(38)26(30(34)36)29(39)32-16-19-35-17-4-5-18-35/h2-3,6-13,37H,4-5,14-19H2,1H3,(H,31,33)(H,32,39). The molecule has 9 heteroatoms. The lowest BCUT2D eigenvalue weighted by atomic mass is 10.1. The minimum atomic E-state index is -0.361. The van der Waals surface area contributed by atoms with E-state index in [1.807, 2.05) is 52.4 Å². The number of aromatic hydroxyl groups is 1. The molecule has 1 amide bonds. The summed E-state index contributed by atoms with van der Waals surface area (Å²) in [4.78, 5) is 34.5. The zero-order chi connectivity index (χ0) is 26.9. The van der Waals surface area contributed by atoms with Gasteiger partial charge in [0.25, 0.3) is 5.91 Å². The highest BCUT2D eigenvalue weighted by Gasteiger charge is 2.24. The van der Waals surface area contributed by atoms with E-state index in [2.05, 4.69) is 15.5 Å². The molecule has 3 aromatic heterocycles. The number of phenolic OH excluding ortho intramolecular Hbond substituents is 1. The highest BCUT2D eigenvalue weighted by molar-refractivity contribution is 6.05. The van der Waals surface area contributed by atoms with Crippen LogP contribution in [0, 0.1) is 0 Å². The molecule has 0 spiro atoms. The van der Waals surface area contributed by atoms with Gasteiger partial charge in [-0.05, 0) is 74.3 Å². The predicted molar refractivity (Wildman–Crippen MR) is 154 cm³/mol. The largest absolute Gasteiger partial charge is 0.508 e. The molecular weight excluding hydrogens is 492 g/mol. The van der Waals surface area contributed by atoms with Crippen molar-refractivity contribution in [3.05, 3.63) is 82.0 Å². The highest BCUT2D eigenvalue weighted by Crippen LogP contribution is 2.26. The second kappa shape index (κ2) is 10.4. The molecule has 0 unspecified atom stereocenters. The summed E-state index contributed by atoms with van der Waals surface area (Å²) in [6, 6.07) is 18.5. The van der Waals surface area contributed by atoms with E-state index in [0.29, 0.717) is 35.6 Å². The third-order valence-corrected chi connectivity index (χ3v) is 7.59. The topological polar surface area (TPSA) is 104 Å². The quantitative estimate of drug-likeness (QED) is 0.287. The predicted octanol–water partition coefficient (Wildman–Crippen LogP) is 3.53. The van der Waals surface area contributed by atoms with Gasteiger partial charge in [0.2, 0.25) is 5.43 Å². The summed E-state index contributed by atoms with van der Waals surface area (Å²) in [6.45, 7) is 4.01. The molecular formula is C30H32N6O3. The Hall–Kier alpha value is -4.37. The van der Waals surface area contributed by atoms with Crippen LogP contribution in [0.3, 0.4) is 0 Å². The first-order valence-electron chi connectivity index (χ1n) is 13.5. The molecule has 1 aliphatic heterocycles. The van der Waals surface area contributed by atoms with Gasteiger partial charge in [-0.15, -0.1) is 0 Å². The minimum absolute atomic E-state index is 0.137. The maximum Gasteiger partial charge on any atom is 0.259 e. The molecule has 6 rings (SSSR count). The van der Waals surface area contributed by atoms with Crippen LogP contribution < -0.4 is 16.1 Å². The lowest BCUT2D eigenvalue weighted by Crippen LogP contribution is -2.36. The summed E-state index contributed by atoms with van der Waals surface area (Å²) in [5.41, 5.74) is 3.73. The Kier molecular flexibility index (Phi) is 6.66. The number of pyridine rings is 2. The molecule has 0 radical (unpaired) electrons. The summed E-state index contributed by atoms with van der Waals surface area (Å²) in [7, 11) is 1.88. The fourth-order valence-electron chi connectivity index (χ4n) is 5.56. The van der Waals surface area contributed by atoms with Gasteiger partial charge in [0.1, 0.15) is 22.8 Å². The monoisotopic (exact) mass is 524 g/mol. The van der Waals surface area contributed by atoms with Crippen LogP contribution >= 0.6 is 0 Å². The molecule has 1 fully saturated rings. The molecule has 1 saturated heterocycles. The molecule has 3 N–H and O–H groups in total. The number of rotatable bonds is 8. The summed E-state index contributed by atoms with van der Waals surface area (Å²) >= 11 is 0. The van der Waals surface area contributed by atoms with Crippen molar-refractivity contribution in [2.24, 2.45) is 7.05 Å². The number of imidazole rings is 1. The minimum Gasteiger partial charge on any atom is -0.508 e. The van der Waals surface area contributed by atoms with Crippen molar-refractivity contribution in [3.8, 4) is 5.75 Å². The SMILES string of the molecule is Cn1c2ccccc2n2c3nc(NCCc4ccc(O)cc4)ccc3c(=O)c(C(=O)NCCN3CCCC3)c12. The smallest absolute Gasteiger partial charge is 0.259 e. The number of fused-ring (bicyclic) bond motifs is 5. The Balaban J connectivity index is 1.38. The summed E-state index contributed by atoms with van der Waals surface area (Å²) in [5.74, 6) is 0.526. The third-order valence-electron chi connectivity index (χ3n) is 7.59. The van der Waals surface area contributed by atoms with Gasteiger partial charge >= 0.3 is 0 Å². The Labute approximate surface area is 225 Å². The Morgan fingerprint density at radius 2 is 1.72 bits per heavy atom. The number of para-hydroxylation sites is 2. The number of aromatic nitrogens is 3. The molecule has 5 aromatic rings. The molecule has 9 nitrogen and oxygen atoms in total. The van der Waals surface area contributed by atoms with Gasteiger partial charge in [0.05, 0.1) is 16.4 Å². The van der Waals surface area contributed by atoms with E-state index in [-0.39, 0.29) is 22.6 Å². The number of carbonyl (C=O) groups excluding carboxylic acids is 1. The van der Waals surface area contributed by atoms with Crippen molar-refractivity contribution in [3.63, 3.8) is 0 Å². The molecule has 0 saturated carbocycles. The Bertz CT molecular complexity index is 1730. The van der Waals surface area contributed by atoms with Crippen molar-refractivity contribution in [1.29, 1.82) is 0 Å². The van der Waals surface area contributed by atoms with Crippen LogP contribution in [0.15, 0.2) is 65.5 Å². The Morgan fingerprint density at radius 3 is 2.49 bits per heavy atom. The van der Waals surface area contributed by atoms with Crippen molar-refractivity contribution >= 4 is 39.4 Å². The lowest BCUT2D eigenvalue weighted by molar-refractivity contribution is 0.0950. The maximum atomic E-state index is 13.8. The maximum absolute atomic E-state index is 13.8. The first-order chi connectivity index (χ1) is 19.0. The number of amides is 1. The fourth-order valence-corrected chi connectivity index (χ4v) is 5.56. The average molecular weight is 525 g/mol. The number of hydrogen-bond donors (Lipinski definition) is 3. The lowest BCUT2D eigenvalue weighted by Gasteiger charge is -2.15. The number of hydrogen-bond acceptors (Lipinski definition) is 6. The van der Waals surface area contributed by atoms with E-state index in [4.69, 9.17) is 4.98 Å². The fraction of sp³-hybridized carbons (Fsp3) is 0.300. The molecule has 0 bridgehead atoms. The van der Waals surface area contributed by atoms with Gasteiger partial charge in [-0.1, -0.05) is 24.3 Å². The van der Waals surface area contributed by atoms with E-state index in [1.54, 1.807) is 24.3 Å². The van der Waals surface area contributed by atoms with Crippen LogP contribution in [0.5, 0.6) is 5.75 Å². The van der Waals surface area contributed by atoms with Gasteiger partial charge in [-0.3, -0.25) is 14.0 Å². The van der Waals surface area contributed by atoms with Gasteiger partial charge in [0.15, 0.2) is 5.65 Å². The summed E-state index contributed by atoms with van der Waals surface area (Å²) < 4.78 is 3.82. The van der Waals surface area contributed by atoms with Gasteiger partial charge in [-0.25, -0.2) is 4.98 Å². The Morgan fingerprint density at radius 1 is 0.974 bits per heavy atom. The molecule has 200 valence electrons. The first-order valence-corrected chi connectivity index (χ1v) is 13.5. The molecule has 0 aliphatic carbocycles. The van der Waals surface area contributed by atoms with E-state index in [1.165, 1.54) is 12.8 Å². The molecule has 1 aliphatic rings. The van der Waals surface area contributed by atoms with Gasteiger partial charge < -0.3 is 25.2 Å². The van der Waals surface area contributed by atoms with Crippen molar-refractivity contribution in [2.75, 3.05) is 38.0 Å². The number of anilines is 1. The van der Waals surface area contributed by atoms with Crippen molar-refractivity contribution in [1.82, 2.24) is 24.2 Å². The van der Waals surface area contributed by atoms with E-state index in [0.717, 1.165) is 42.7 Å². The number of aryl methyl sites for hydroxylation is 1. The van der Waals surface area contributed by atoms with Gasteiger partial charge in [-0.2, -0.15) is 0 Å². The van der Waals surface area contributed by atoms with Crippen LogP contribution in [-0.2, 0) is 13.5 Å². The number of likely N-dealkylation sites (tertiary alicyclic amines) is 1. The first kappa shape index (κ1) is 24.9. The number of benzene rings is 2. The summed E-state index contributed by atoms with van der Waals surface area (Å²) in [5, 5.41) is 16.3. The van der Waals surface area contributed by atoms with E-state index in [9.17, 15) is 14.7 Å². The highest BCUT2D eigenvalue weighted by atomic mass is 16.3. The molecule has 4 heterocycles. The normalized spacial score (nSPS) is 14.0. The van der Waals surface area contributed by atoms with E-state index >= 15 is 0 Å². The van der Waals surface area contributed by atoms with Crippen LogP contribution in [0.2, 0.25) is 0 Å². The van der Waals surface area contributed by atoms with Crippen molar-refractivity contribution in [2.45, 2.75) is 19.3 Å². The third kappa shape index (κ3) is 4.70. The van der Waals surface area contributed by atoms with E-state index < -0.39 is 0 Å². The number of nitrogens with zero attached hydrogens (tertiary/aromatic N) is 4. The van der Waals surface area contributed by atoms with Crippen LogP contribution in [-0.4, -0.2) is 62.6 Å². The second-order valence-electron chi connectivity index (χ2n) is 10.1.